The second-order valence-corrected chi connectivity index (χ2v) is 6.95. The minimum Gasteiger partial charge on any atom is -0.393 e. The second-order valence-electron chi connectivity index (χ2n) is 6.52. The Morgan fingerprint density at radius 2 is 1.28 bits per heavy atom. The maximum absolute atomic E-state index is 6.39. The number of benzene rings is 3. The van der Waals surface area contributed by atoms with Crippen molar-refractivity contribution in [2.45, 2.75) is 6.04 Å². The lowest BCUT2D eigenvalue weighted by Gasteiger charge is -2.22. The summed E-state index contributed by atoms with van der Waals surface area (Å²) in [6.45, 7) is 0. The third kappa shape index (κ3) is 4.47. The van der Waals surface area contributed by atoms with Crippen molar-refractivity contribution in [3.8, 4) is 0 Å². The molecule has 0 aliphatic carbocycles. The number of nitrogens with one attached hydrogen (secondary N) is 2. The molecule has 0 bridgehead atoms. The van der Waals surface area contributed by atoms with Crippen LogP contribution in [0.25, 0.3) is 0 Å². The first-order valence-electron chi connectivity index (χ1n) is 9.20. The van der Waals surface area contributed by atoms with Gasteiger partial charge in [-0.05, 0) is 35.4 Å². The lowest BCUT2D eigenvalue weighted by atomic mass is 9.99. The molecule has 5 nitrogen and oxygen atoms in total. The molecule has 0 aliphatic rings. The smallest absolute Gasteiger partial charge is 0.159 e. The van der Waals surface area contributed by atoms with Gasteiger partial charge >= 0.3 is 0 Å². The van der Waals surface area contributed by atoms with Crippen LogP contribution in [0.5, 0.6) is 0 Å². The summed E-state index contributed by atoms with van der Waals surface area (Å²) in [4.78, 5) is 8.67. The van der Waals surface area contributed by atoms with Gasteiger partial charge < -0.3 is 16.4 Å². The zero-order chi connectivity index (χ0) is 20.1. The van der Waals surface area contributed by atoms with Gasteiger partial charge in [-0.1, -0.05) is 72.3 Å². The third-order valence-electron chi connectivity index (χ3n) is 4.54. The molecule has 4 N–H and O–H groups in total. The Morgan fingerprint density at radius 1 is 0.724 bits per heavy atom. The predicted molar refractivity (Wildman–Crippen MR) is 120 cm³/mol. The summed E-state index contributed by atoms with van der Waals surface area (Å²) in [6.07, 6.45) is 1.49. The van der Waals surface area contributed by atoms with Gasteiger partial charge in [0.25, 0.3) is 0 Å². The van der Waals surface area contributed by atoms with E-state index >= 15 is 0 Å². The van der Waals surface area contributed by atoms with E-state index in [4.69, 9.17) is 17.3 Å². The molecule has 0 fully saturated rings. The number of halogens is 1. The van der Waals surface area contributed by atoms with Crippen LogP contribution in [0.3, 0.4) is 0 Å². The largest absolute Gasteiger partial charge is 0.393 e. The molecule has 4 rings (SSSR count). The van der Waals surface area contributed by atoms with Crippen LogP contribution in [0, 0.1) is 0 Å². The molecule has 6 heteroatoms. The molecule has 0 amide bonds. The van der Waals surface area contributed by atoms with E-state index in [-0.39, 0.29) is 6.04 Å². The first-order chi connectivity index (χ1) is 14.2. The summed E-state index contributed by atoms with van der Waals surface area (Å²) in [5, 5.41) is 7.36. The Hall–Kier alpha value is -3.57. The van der Waals surface area contributed by atoms with Crippen molar-refractivity contribution in [2.75, 3.05) is 16.4 Å². The van der Waals surface area contributed by atoms with Crippen LogP contribution >= 0.6 is 11.6 Å². The van der Waals surface area contributed by atoms with Crippen molar-refractivity contribution in [1.29, 1.82) is 0 Å². The summed E-state index contributed by atoms with van der Waals surface area (Å²) in [5.74, 6) is 1.10. The highest BCUT2D eigenvalue weighted by Crippen LogP contribution is 2.31. The van der Waals surface area contributed by atoms with E-state index in [9.17, 15) is 0 Å². The molecule has 1 heterocycles. The summed E-state index contributed by atoms with van der Waals surface area (Å²) >= 11 is 5.96. The summed E-state index contributed by atoms with van der Waals surface area (Å²) in [6, 6.07) is 27.6. The average molecular weight is 402 g/mol. The number of rotatable bonds is 6. The molecule has 3 aromatic carbocycles. The van der Waals surface area contributed by atoms with E-state index in [0.717, 1.165) is 16.8 Å². The molecule has 29 heavy (non-hydrogen) atoms. The molecular weight excluding hydrogens is 382 g/mol. The monoisotopic (exact) mass is 401 g/mol. The van der Waals surface area contributed by atoms with E-state index in [1.807, 2.05) is 48.5 Å². The molecule has 144 valence electrons. The first-order valence-corrected chi connectivity index (χ1v) is 9.58. The van der Waals surface area contributed by atoms with Crippen molar-refractivity contribution >= 4 is 34.6 Å². The topological polar surface area (TPSA) is 75.9 Å². The molecular formula is C23H20ClN5. The quantitative estimate of drug-likeness (QED) is 0.388. The van der Waals surface area contributed by atoms with E-state index in [1.165, 1.54) is 6.33 Å². The fourth-order valence-electron chi connectivity index (χ4n) is 3.07. The molecule has 0 unspecified atom stereocenters. The molecule has 0 radical (unpaired) electrons. The zero-order valence-electron chi connectivity index (χ0n) is 15.6. The van der Waals surface area contributed by atoms with Crippen LogP contribution in [-0.2, 0) is 0 Å². The van der Waals surface area contributed by atoms with Crippen LogP contribution in [0.2, 0.25) is 5.02 Å². The van der Waals surface area contributed by atoms with E-state index in [1.54, 1.807) is 12.1 Å². The maximum Gasteiger partial charge on any atom is 0.159 e. The first kappa shape index (κ1) is 18.8. The van der Waals surface area contributed by atoms with Crippen LogP contribution in [0.1, 0.15) is 17.2 Å². The van der Waals surface area contributed by atoms with Gasteiger partial charge in [0, 0.05) is 10.7 Å². The standard InChI is InChI=1S/C23H20ClN5/c24-18-11-13-19(14-12-18)28-22-20(25)23(27-15-26-22)29-21(16-7-3-1-4-8-16)17-9-5-2-6-10-17/h1-15,21H,25H2,(H2,26,27,28,29). The number of nitrogens with zero attached hydrogens (tertiary/aromatic N) is 2. The fourth-order valence-corrected chi connectivity index (χ4v) is 3.19. The van der Waals surface area contributed by atoms with Crippen LogP contribution in [-0.4, -0.2) is 9.97 Å². The van der Waals surface area contributed by atoms with Crippen molar-refractivity contribution in [3.05, 3.63) is 107 Å². The molecule has 0 saturated carbocycles. The second kappa shape index (κ2) is 8.63. The highest BCUT2D eigenvalue weighted by atomic mass is 35.5. The Labute approximate surface area is 174 Å². The van der Waals surface area contributed by atoms with Crippen molar-refractivity contribution in [1.82, 2.24) is 9.97 Å². The number of aromatic nitrogens is 2. The Kier molecular flexibility index (Phi) is 5.59. The molecule has 0 aliphatic heterocycles. The SMILES string of the molecule is Nc1c(Nc2ccc(Cl)cc2)ncnc1NC(c1ccccc1)c1ccccc1. The number of hydrogen-bond acceptors (Lipinski definition) is 5. The molecule has 0 atom stereocenters. The van der Waals surface area contributed by atoms with E-state index < -0.39 is 0 Å². The lowest BCUT2D eigenvalue weighted by Crippen LogP contribution is -2.15. The van der Waals surface area contributed by atoms with Gasteiger partial charge in [0.2, 0.25) is 0 Å². The highest BCUT2D eigenvalue weighted by Gasteiger charge is 2.17. The summed E-state index contributed by atoms with van der Waals surface area (Å²) in [7, 11) is 0. The number of anilines is 4. The van der Waals surface area contributed by atoms with Crippen molar-refractivity contribution < 1.29 is 0 Å². The zero-order valence-corrected chi connectivity index (χ0v) is 16.3. The molecule has 0 saturated heterocycles. The van der Waals surface area contributed by atoms with Gasteiger partial charge in [0.15, 0.2) is 11.6 Å². The van der Waals surface area contributed by atoms with Crippen LogP contribution < -0.4 is 16.4 Å². The van der Waals surface area contributed by atoms with Gasteiger partial charge in [-0.25, -0.2) is 9.97 Å². The Morgan fingerprint density at radius 3 is 1.86 bits per heavy atom. The highest BCUT2D eigenvalue weighted by molar-refractivity contribution is 6.30. The van der Waals surface area contributed by atoms with Gasteiger partial charge in [0.05, 0.1) is 6.04 Å². The van der Waals surface area contributed by atoms with Gasteiger partial charge in [0.1, 0.15) is 12.0 Å². The van der Waals surface area contributed by atoms with Crippen LogP contribution in [0.4, 0.5) is 23.0 Å². The fraction of sp³-hybridized carbons (Fsp3) is 0.0435. The number of nitrogen functional groups attached to an aromatic ring is 1. The summed E-state index contributed by atoms with van der Waals surface area (Å²) in [5.41, 5.74) is 9.90. The molecule has 0 spiro atoms. The van der Waals surface area contributed by atoms with Gasteiger partial charge in [-0.15, -0.1) is 0 Å². The lowest BCUT2D eigenvalue weighted by molar-refractivity contribution is 0.924. The van der Waals surface area contributed by atoms with Gasteiger partial charge in [-0.2, -0.15) is 0 Å². The molecule has 4 aromatic rings. The summed E-state index contributed by atoms with van der Waals surface area (Å²) < 4.78 is 0. The maximum atomic E-state index is 6.39. The minimum atomic E-state index is -0.0991. The third-order valence-corrected chi connectivity index (χ3v) is 4.79. The number of hydrogen-bond donors (Lipinski definition) is 3. The van der Waals surface area contributed by atoms with Crippen molar-refractivity contribution in [3.63, 3.8) is 0 Å². The minimum absolute atomic E-state index is 0.0991. The van der Waals surface area contributed by atoms with E-state index in [2.05, 4.69) is 44.9 Å². The predicted octanol–water partition coefficient (Wildman–Crippen LogP) is 5.66. The molecule has 1 aromatic heterocycles. The van der Waals surface area contributed by atoms with E-state index in [0.29, 0.717) is 22.3 Å². The average Bonchev–Trinajstić information content (AvgIpc) is 2.77. The normalized spacial score (nSPS) is 10.7. The van der Waals surface area contributed by atoms with Crippen molar-refractivity contribution in [2.24, 2.45) is 0 Å². The van der Waals surface area contributed by atoms with Gasteiger partial charge in [-0.3, -0.25) is 0 Å². The Balaban J connectivity index is 1.65. The number of nitrogens with two attached hydrogens (primary N) is 1. The van der Waals surface area contributed by atoms with Crippen LogP contribution in [0.15, 0.2) is 91.3 Å². The Bertz CT molecular complexity index is 1030.